The first-order chi connectivity index (χ1) is 4.19. The summed E-state index contributed by atoms with van der Waals surface area (Å²) in [7, 11) is 0. The van der Waals surface area contributed by atoms with Gasteiger partial charge in [0.05, 0.1) is 0 Å². The van der Waals surface area contributed by atoms with Gasteiger partial charge >= 0.3 is 18.1 Å². The number of carboxylic acids is 1. The number of carboxylic acid groups (broad SMARTS) is 1. The van der Waals surface area contributed by atoms with Crippen molar-refractivity contribution in [2.24, 2.45) is 0 Å². The summed E-state index contributed by atoms with van der Waals surface area (Å²) in [5.41, 5.74) is 0. The van der Waals surface area contributed by atoms with Gasteiger partial charge in [0.2, 0.25) is 0 Å². The second kappa shape index (κ2) is 2.06. The Bertz CT molecular complexity index is 147. The summed E-state index contributed by atoms with van der Waals surface area (Å²) in [5.74, 6) is -8.84. The van der Waals surface area contributed by atoms with Crippen molar-refractivity contribution in [3.63, 3.8) is 0 Å². The van der Waals surface area contributed by atoms with Crippen LogP contribution in [-0.4, -0.2) is 23.2 Å². The van der Waals surface area contributed by atoms with Crippen LogP contribution in [0.4, 0.5) is 22.0 Å². The molecule has 0 saturated heterocycles. The van der Waals surface area contributed by atoms with E-state index in [4.69, 9.17) is 5.11 Å². The van der Waals surface area contributed by atoms with Gasteiger partial charge in [-0.25, -0.2) is 4.79 Å². The fourth-order valence-corrected chi connectivity index (χ4v) is 0.121. The van der Waals surface area contributed by atoms with Gasteiger partial charge in [-0.15, -0.1) is 0 Å². The second-order valence-electron chi connectivity index (χ2n) is 1.38. The topological polar surface area (TPSA) is 37.3 Å². The quantitative estimate of drug-likeness (QED) is 0.470. The van der Waals surface area contributed by atoms with Crippen LogP contribution in [0.5, 0.6) is 0 Å². The monoisotopic (exact) mass is 166 g/mol. The number of hydrogen-bond donors (Lipinski definition) is 1. The molecule has 0 radical (unpaired) electrons. The first-order valence-corrected chi connectivity index (χ1v) is 1.87. The summed E-state index contributed by atoms with van der Waals surface area (Å²) < 4.78 is 55.5. The molecule has 0 spiro atoms. The molecule has 0 atom stereocenters. The minimum Gasteiger partial charge on any atom is -0.477 e. The molecule has 7 heteroatoms. The van der Waals surface area contributed by atoms with E-state index in [0.717, 1.165) is 0 Å². The standard InChI is InChI=1S/C3HF5O2/c4-2(5,1(9)10)3(6,7)8/h(H,9,10)/i2+1,3+1. The van der Waals surface area contributed by atoms with Gasteiger partial charge in [0, 0.05) is 0 Å². The third-order valence-electron chi connectivity index (χ3n) is 0.625. The van der Waals surface area contributed by atoms with E-state index in [-0.39, 0.29) is 0 Å². The average molecular weight is 166 g/mol. The van der Waals surface area contributed by atoms with Crippen LogP contribution in [0.2, 0.25) is 0 Å². The van der Waals surface area contributed by atoms with Crippen molar-refractivity contribution in [2.75, 3.05) is 0 Å². The fraction of sp³-hybridized carbons (Fsp3) is 0.667. The molecule has 60 valence electrons. The Labute approximate surface area is 51.3 Å². The zero-order chi connectivity index (χ0) is 8.58. The highest BCUT2D eigenvalue weighted by molar-refractivity contribution is 5.76. The van der Waals surface area contributed by atoms with Crippen LogP contribution in [0.15, 0.2) is 0 Å². The Hall–Kier alpha value is -0.880. The molecular weight excluding hydrogens is 165 g/mol. The van der Waals surface area contributed by atoms with Crippen molar-refractivity contribution in [3.05, 3.63) is 0 Å². The molecule has 0 aromatic rings. The van der Waals surface area contributed by atoms with Crippen molar-refractivity contribution in [2.45, 2.75) is 12.1 Å². The lowest BCUT2D eigenvalue weighted by Gasteiger charge is -2.13. The average Bonchev–Trinajstić information content (AvgIpc) is 1.62. The minimum absolute atomic E-state index is 3.19. The number of rotatable bonds is 1. The van der Waals surface area contributed by atoms with Gasteiger partial charge < -0.3 is 5.11 Å². The van der Waals surface area contributed by atoms with E-state index >= 15 is 0 Å². The van der Waals surface area contributed by atoms with Gasteiger partial charge in [-0.1, -0.05) is 0 Å². The van der Waals surface area contributed by atoms with E-state index in [2.05, 4.69) is 0 Å². The van der Waals surface area contributed by atoms with Crippen molar-refractivity contribution in [1.29, 1.82) is 0 Å². The summed E-state index contributed by atoms with van der Waals surface area (Å²) in [4.78, 5) is 9.20. The number of alkyl halides is 5. The molecule has 0 unspecified atom stereocenters. The first-order valence-electron chi connectivity index (χ1n) is 1.87. The molecule has 0 aliphatic carbocycles. The molecule has 0 aromatic carbocycles. The highest BCUT2D eigenvalue weighted by Crippen LogP contribution is 2.35. The largest absolute Gasteiger partial charge is 0.477 e. The third kappa shape index (κ3) is 1.34. The molecule has 0 aliphatic heterocycles. The Kier molecular flexibility index (Phi) is 1.88. The third-order valence-corrected chi connectivity index (χ3v) is 0.625. The second-order valence-corrected chi connectivity index (χ2v) is 1.38. The highest BCUT2D eigenvalue weighted by atomic mass is 19.5. The molecule has 0 aliphatic rings. The molecule has 0 fully saturated rings. The Morgan fingerprint density at radius 1 is 1.10 bits per heavy atom. The number of carbonyl (C=O) groups is 1. The molecule has 2 nitrogen and oxygen atoms in total. The molecule has 1 N–H and O–H groups in total. The minimum atomic E-state index is -6.02. The molecule has 0 heterocycles. The van der Waals surface area contributed by atoms with Gasteiger partial charge in [0.25, 0.3) is 0 Å². The Balaban J connectivity index is 4.57. The number of aliphatic carboxylic acids is 1. The van der Waals surface area contributed by atoms with E-state index in [1.807, 2.05) is 0 Å². The smallest absolute Gasteiger partial charge is 0.465 e. The molecular formula is C3HF5O2. The van der Waals surface area contributed by atoms with E-state index in [0.29, 0.717) is 0 Å². The molecule has 0 bridgehead atoms. The van der Waals surface area contributed by atoms with E-state index in [9.17, 15) is 26.7 Å². The zero-order valence-corrected chi connectivity index (χ0v) is 4.25. The van der Waals surface area contributed by atoms with Gasteiger partial charge in [-0.3, -0.25) is 0 Å². The van der Waals surface area contributed by atoms with Crippen molar-refractivity contribution in [3.8, 4) is 0 Å². The van der Waals surface area contributed by atoms with Crippen LogP contribution in [0, 0.1) is 0 Å². The van der Waals surface area contributed by atoms with Crippen molar-refractivity contribution in [1.82, 2.24) is 0 Å². The zero-order valence-electron chi connectivity index (χ0n) is 4.25. The van der Waals surface area contributed by atoms with Crippen molar-refractivity contribution < 1.29 is 31.9 Å². The number of hydrogen-bond acceptors (Lipinski definition) is 1. The summed E-state index contributed by atoms with van der Waals surface area (Å²) >= 11 is 0. The van der Waals surface area contributed by atoms with Crippen LogP contribution in [0.25, 0.3) is 0 Å². The Morgan fingerprint density at radius 3 is 1.40 bits per heavy atom. The van der Waals surface area contributed by atoms with E-state index < -0.39 is 18.1 Å². The highest BCUT2D eigenvalue weighted by Gasteiger charge is 2.64. The maximum absolute atomic E-state index is 11.3. The van der Waals surface area contributed by atoms with Crippen LogP contribution < -0.4 is 0 Å². The lowest BCUT2D eigenvalue weighted by atomic mass is 10.9. The van der Waals surface area contributed by atoms with E-state index in [1.54, 1.807) is 0 Å². The lowest BCUT2D eigenvalue weighted by Crippen LogP contribution is -2.43. The van der Waals surface area contributed by atoms with Crippen LogP contribution in [0.1, 0.15) is 0 Å². The molecule has 0 amide bonds. The maximum atomic E-state index is 11.3. The summed E-state index contributed by atoms with van der Waals surface area (Å²) in [6.07, 6.45) is -6.02. The Morgan fingerprint density at radius 2 is 1.40 bits per heavy atom. The molecule has 0 rings (SSSR count). The predicted octanol–water partition coefficient (Wildman–Crippen LogP) is 1.27. The maximum Gasteiger partial charge on any atom is 0.465 e. The molecule has 0 saturated carbocycles. The SMILES string of the molecule is O=C(O)[13C](F)(F)[13C](F)(F)F. The van der Waals surface area contributed by atoms with Gasteiger partial charge in [-0.2, -0.15) is 22.0 Å². The predicted molar refractivity (Wildman–Crippen MR) is 18.6 cm³/mol. The normalized spacial score (nSPS) is 13.3. The molecule has 0 aromatic heterocycles. The fourth-order valence-electron chi connectivity index (χ4n) is 0.121. The van der Waals surface area contributed by atoms with Gasteiger partial charge in [0.1, 0.15) is 0 Å². The summed E-state index contributed by atoms with van der Waals surface area (Å²) in [6, 6.07) is 0. The van der Waals surface area contributed by atoms with Crippen LogP contribution >= 0.6 is 0 Å². The van der Waals surface area contributed by atoms with Crippen molar-refractivity contribution >= 4 is 5.97 Å². The van der Waals surface area contributed by atoms with Crippen LogP contribution in [-0.2, 0) is 4.79 Å². The van der Waals surface area contributed by atoms with Gasteiger partial charge in [-0.05, 0) is 0 Å². The van der Waals surface area contributed by atoms with Crippen LogP contribution in [0.3, 0.4) is 0 Å². The van der Waals surface area contributed by atoms with E-state index in [1.165, 1.54) is 0 Å². The molecule has 10 heavy (non-hydrogen) atoms. The lowest BCUT2D eigenvalue weighted by molar-refractivity contribution is -0.277. The number of halogens is 5. The summed E-state index contributed by atoms with van der Waals surface area (Å²) in [6.45, 7) is 0. The first kappa shape index (κ1) is 9.12. The summed E-state index contributed by atoms with van der Waals surface area (Å²) in [5, 5.41) is 7.31. The van der Waals surface area contributed by atoms with Gasteiger partial charge in [0.15, 0.2) is 0 Å².